The van der Waals surface area contributed by atoms with Crippen LogP contribution in [0.4, 0.5) is 0 Å². The zero-order valence-corrected chi connectivity index (χ0v) is 11.9. The molecule has 1 aromatic heterocycles. The lowest BCUT2D eigenvalue weighted by atomic mass is 9.79. The standard InChI is InChI=1S/C17H16N2O2/c1-17(2)16(20)15(13-5-3-4-8-19-13)12-9-11(10-18)6-7-14(12)21-17/h3-9,15-16,20H,1-2H3/t15-,16-/m1/s1. The third kappa shape index (κ3) is 2.26. The van der Waals surface area contributed by atoms with Gasteiger partial charge in [0.1, 0.15) is 17.5 Å². The fourth-order valence-corrected chi connectivity index (χ4v) is 2.75. The van der Waals surface area contributed by atoms with Crippen molar-refractivity contribution in [3.63, 3.8) is 0 Å². The first-order chi connectivity index (χ1) is 10.0. The van der Waals surface area contributed by atoms with Gasteiger partial charge in [0.25, 0.3) is 0 Å². The predicted octanol–water partition coefficient (Wildman–Crippen LogP) is 2.62. The van der Waals surface area contributed by atoms with E-state index >= 15 is 0 Å². The smallest absolute Gasteiger partial charge is 0.130 e. The molecule has 0 saturated heterocycles. The summed E-state index contributed by atoms with van der Waals surface area (Å²) in [6.45, 7) is 3.71. The van der Waals surface area contributed by atoms with Crippen LogP contribution in [0.15, 0.2) is 42.6 Å². The average molecular weight is 280 g/mol. The molecule has 3 rings (SSSR count). The SMILES string of the molecule is CC1(C)Oc2ccc(C#N)cc2[C@H](c2ccccn2)[C@H]1O. The Kier molecular flexibility index (Phi) is 3.15. The van der Waals surface area contributed by atoms with Crippen LogP contribution in [0.5, 0.6) is 5.75 Å². The Morgan fingerprint density at radius 2 is 2.10 bits per heavy atom. The van der Waals surface area contributed by atoms with E-state index in [-0.39, 0.29) is 5.92 Å². The van der Waals surface area contributed by atoms with Crippen LogP contribution >= 0.6 is 0 Å². The van der Waals surface area contributed by atoms with Crippen LogP contribution in [0.1, 0.15) is 36.6 Å². The minimum Gasteiger partial charge on any atom is -0.485 e. The number of ether oxygens (including phenoxy) is 1. The van der Waals surface area contributed by atoms with Crippen LogP contribution in [-0.2, 0) is 0 Å². The lowest BCUT2D eigenvalue weighted by Crippen LogP contribution is -2.49. The summed E-state index contributed by atoms with van der Waals surface area (Å²) >= 11 is 0. The summed E-state index contributed by atoms with van der Waals surface area (Å²) in [6, 6.07) is 13.0. The predicted molar refractivity (Wildman–Crippen MR) is 78.0 cm³/mol. The molecule has 0 bridgehead atoms. The molecule has 0 unspecified atom stereocenters. The maximum atomic E-state index is 10.7. The fraction of sp³-hybridized carbons (Fsp3) is 0.294. The van der Waals surface area contributed by atoms with Crippen LogP contribution in [0.3, 0.4) is 0 Å². The highest BCUT2D eigenvalue weighted by Gasteiger charge is 2.44. The topological polar surface area (TPSA) is 66.1 Å². The molecule has 2 aromatic rings. The normalized spacial score (nSPS) is 22.8. The van der Waals surface area contributed by atoms with Gasteiger partial charge >= 0.3 is 0 Å². The zero-order valence-electron chi connectivity index (χ0n) is 11.9. The number of aliphatic hydroxyl groups excluding tert-OH is 1. The first-order valence-electron chi connectivity index (χ1n) is 6.85. The monoisotopic (exact) mass is 280 g/mol. The molecule has 1 N–H and O–H groups in total. The van der Waals surface area contributed by atoms with E-state index in [1.807, 2.05) is 32.0 Å². The Hall–Kier alpha value is -2.38. The second-order valence-corrected chi connectivity index (χ2v) is 5.75. The van der Waals surface area contributed by atoms with Gasteiger partial charge in [-0.25, -0.2) is 0 Å². The van der Waals surface area contributed by atoms with Crippen molar-refractivity contribution in [3.8, 4) is 11.8 Å². The molecule has 0 aliphatic carbocycles. The summed E-state index contributed by atoms with van der Waals surface area (Å²) in [7, 11) is 0. The fourth-order valence-electron chi connectivity index (χ4n) is 2.75. The van der Waals surface area contributed by atoms with Gasteiger partial charge in [0, 0.05) is 11.8 Å². The van der Waals surface area contributed by atoms with Gasteiger partial charge in [-0.2, -0.15) is 5.26 Å². The molecule has 0 radical (unpaired) electrons. The number of pyridine rings is 1. The summed E-state index contributed by atoms with van der Waals surface area (Å²) in [5.41, 5.74) is 1.41. The van der Waals surface area contributed by atoms with E-state index < -0.39 is 11.7 Å². The molecule has 0 saturated carbocycles. The van der Waals surface area contributed by atoms with Gasteiger partial charge in [0.2, 0.25) is 0 Å². The van der Waals surface area contributed by atoms with Crippen molar-refractivity contribution in [1.82, 2.24) is 4.98 Å². The number of benzene rings is 1. The van der Waals surface area contributed by atoms with Crippen molar-refractivity contribution in [1.29, 1.82) is 5.26 Å². The highest BCUT2D eigenvalue weighted by Crippen LogP contribution is 2.44. The molecule has 0 fully saturated rings. The second kappa shape index (κ2) is 4.87. The molecule has 1 aromatic carbocycles. The summed E-state index contributed by atoms with van der Waals surface area (Å²) in [6.07, 6.45) is 0.965. The van der Waals surface area contributed by atoms with Gasteiger partial charge in [-0.1, -0.05) is 6.07 Å². The van der Waals surface area contributed by atoms with Crippen molar-refractivity contribution in [2.24, 2.45) is 0 Å². The summed E-state index contributed by atoms with van der Waals surface area (Å²) in [5.74, 6) is 0.387. The number of aromatic nitrogens is 1. The Morgan fingerprint density at radius 3 is 2.76 bits per heavy atom. The van der Waals surface area contributed by atoms with Crippen molar-refractivity contribution in [3.05, 3.63) is 59.4 Å². The molecule has 4 heteroatoms. The number of nitriles is 1. The highest BCUT2D eigenvalue weighted by atomic mass is 16.5. The van der Waals surface area contributed by atoms with E-state index in [1.54, 1.807) is 24.4 Å². The second-order valence-electron chi connectivity index (χ2n) is 5.75. The molecule has 4 nitrogen and oxygen atoms in total. The van der Waals surface area contributed by atoms with Crippen molar-refractivity contribution in [2.45, 2.75) is 31.5 Å². The van der Waals surface area contributed by atoms with E-state index in [0.717, 1.165) is 11.3 Å². The van der Waals surface area contributed by atoms with E-state index in [9.17, 15) is 5.11 Å². The number of hydrogen-bond donors (Lipinski definition) is 1. The summed E-state index contributed by atoms with van der Waals surface area (Å²) in [5, 5.41) is 19.8. The van der Waals surface area contributed by atoms with Crippen LogP contribution in [0.2, 0.25) is 0 Å². The lowest BCUT2D eigenvalue weighted by Gasteiger charge is -2.42. The van der Waals surface area contributed by atoms with Crippen molar-refractivity contribution in [2.75, 3.05) is 0 Å². The van der Waals surface area contributed by atoms with Gasteiger partial charge in [-0.05, 0) is 44.2 Å². The largest absolute Gasteiger partial charge is 0.485 e. The van der Waals surface area contributed by atoms with Gasteiger partial charge in [-0.3, -0.25) is 4.98 Å². The van der Waals surface area contributed by atoms with Crippen molar-refractivity contribution < 1.29 is 9.84 Å². The van der Waals surface area contributed by atoms with Crippen LogP contribution < -0.4 is 4.74 Å². The van der Waals surface area contributed by atoms with Gasteiger partial charge in [-0.15, -0.1) is 0 Å². The summed E-state index contributed by atoms with van der Waals surface area (Å²) < 4.78 is 5.90. The molecular weight excluding hydrogens is 264 g/mol. The third-order valence-electron chi connectivity index (χ3n) is 3.88. The lowest BCUT2D eigenvalue weighted by molar-refractivity contribution is -0.0518. The molecular formula is C17H16N2O2. The molecule has 0 spiro atoms. The zero-order chi connectivity index (χ0) is 15.0. The van der Waals surface area contributed by atoms with Crippen LogP contribution in [-0.4, -0.2) is 21.8 Å². The van der Waals surface area contributed by atoms with Crippen LogP contribution in [0.25, 0.3) is 0 Å². The Bertz CT molecular complexity index is 704. The van der Waals surface area contributed by atoms with Gasteiger partial charge < -0.3 is 9.84 Å². The molecule has 2 atom stereocenters. The molecule has 1 aliphatic heterocycles. The first-order valence-corrected chi connectivity index (χ1v) is 6.85. The van der Waals surface area contributed by atoms with E-state index in [4.69, 9.17) is 10.00 Å². The van der Waals surface area contributed by atoms with Gasteiger partial charge in [0.05, 0.1) is 23.2 Å². The van der Waals surface area contributed by atoms with Crippen molar-refractivity contribution >= 4 is 0 Å². The Morgan fingerprint density at radius 1 is 1.29 bits per heavy atom. The quantitative estimate of drug-likeness (QED) is 0.872. The third-order valence-corrected chi connectivity index (χ3v) is 3.88. The first kappa shape index (κ1) is 13.6. The maximum absolute atomic E-state index is 10.7. The number of hydrogen-bond acceptors (Lipinski definition) is 4. The van der Waals surface area contributed by atoms with Gasteiger partial charge in [0.15, 0.2) is 0 Å². The highest BCUT2D eigenvalue weighted by molar-refractivity contribution is 5.49. The average Bonchev–Trinajstić information content (AvgIpc) is 2.49. The van der Waals surface area contributed by atoms with E-state index in [0.29, 0.717) is 11.3 Å². The Labute approximate surface area is 123 Å². The molecule has 2 heterocycles. The molecule has 0 amide bonds. The Balaban J connectivity index is 2.20. The number of nitrogens with zero attached hydrogens (tertiary/aromatic N) is 2. The molecule has 1 aliphatic rings. The number of aliphatic hydroxyl groups is 1. The summed E-state index contributed by atoms with van der Waals surface area (Å²) in [4.78, 5) is 4.37. The number of rotatable bonds is 1. The van der Waals surface area contributed by atoms with E-state index in [1.165, 1.54) is 0 Å². The van der Waals surface area contributed by atoms with E-state index in [2.05, 4.69) is 11.1 Å². The van der Waals surface area contributed by atoms with Crippen LogP contribution in [0, 0.1) is 11.3 Å². The minimum absolute atomic E-state index is 0.307. The minimum atomic E-state index is -0.742. The molecule has 106 valence electrons. The number of fused-ring (bicyclic) bond motifs is 1. The molecule has 21 heavy (non-hydrogen) atoms. The maximum Gasteiger partial charge on any atom is 0.130 e.